The molecule has 3 aromatic rings. The van der Waals surface area contributed by atoms with Crippen LogP contribution in [0.15, 0.2) is 97.1 Å². The van der Waals surface area contributed by atoms with E-state index < -0.39 is 0 Å². The number of nitrogens with one attached hydrogen (secondary N) is 4. The Morgan fingerprint density at radius 2 is 1.45 bits per heavy atom. The van der Waals surface area contributed by atoms with Gasteiger partial charge >= 0.3 is 6.03 Å². The van der Waals surface area contributed by atoms with Gasteiger partial charge in [0.2, 0.25) is 5.91 Å². The molecular weight excluding hydrogens is 412 g/mol. The summed E-state index contributed by atoms with van der Waals surface area (Å²) in [6.07, 6.45) is 3.76. The molecule has 1 atom stereocenters. The van der Waals surface area contributed by atoms with E-state index in [1.54, 1.807) is 6.08 Å². The Morgan fingerprint density at radius 1 is 0.818 bits per heavy atom. The van der Waals surface area contributed by atoms with Crippen molar-refractivity contribution in [1.29, 1.82) is 0 Å². The summed E-state index contributed by atoms with van der Waals surface area (Å²) in [6.45, 7) is 1.23. The molecule has 0 aliphatic heterocycles. The molecule has 6 nitrogen and oxygen atoms in total. The van der Waals surface area contributed by atoms with Gasteiger partial charge in [-0.25, -0.2) is 4.79 Å². The SMILES string of the molecule is CNCCNC(=O)C=C[C@H](Cc1ccccc1)NC(=O)Nc1ccc(-c2ccccc2)cc1. The Morgan fingerprint density at radius 3 is 2.12 bits per heavy atom. The lowest BCUT2D eigenvalue weighted by Gasteiger charge is -2.16. The fraction of sp³-hybridized carbons (Fsp3) is 0.185. The summed E-state index contributed by atoms with van der Waals surface area (Å²) in [5.41, 5.74) is 3.96. The number of amides is 3. The third-order valence-corrected chi connectivity index (χ3v) is 5.02. The predicted octanol–water partition coefficient (Wildman–Crippen LogP) is 3.98. The van der Waals surface area contributed by atoms with Crippen molar-refractivity contribution in [1.82, 2.24) is 16.0 Å². The zero-order valence-electron chi connectivity index (χ0n) is 18.8. The van der Waals surface area contributed by atoms with Crippen LogP contribution >= 0.6 is 0 Å². The summed E-state index contributed by atoms with van der Waals surface area (Å²) >= 11 is 0. The van der Waals surface area contributed by atoms with E-state index in [-0.39, 0.29) is 18.0 Å². The predicted molar refractivity (Wildman–Crippen MR) is 134 cm³/mol. The standard InChI is InChI=1S/C27H30N4O2/c1-28-18-19-29-26(32)17-16-25(20-21-8-4-2-5-9-21)31-27(33)30-24-14-12-23(13-15-24)22-10-6-3-7-11-22/h2-17,25,28H,18-20H2,1H3,(H,29,32)(H2,30,31,33)/t25-/m1/s1. The fourth-order valence-electron chi connectivity index (χ4n) is 3.32. The number of anilines is 1. The van der Waals surface area contributed by atoms with Crippen LogP contribution in [-0.2, 0) is 11.2 Å². The van der Waals surface area contributed by atoms with Gasteiger partial charge in [0, 0.05) is 24.9 Å². The van der Waals surface area contributed by atoms with Gasteiger partial charge < -0.3 is 21.3 Å². The van der Waals surface area contributed by atoms with Crippen molar-refractivity contribution < 1.29 is 9.59 Å². The average Bonchev–Trinajstić information content (AvgIpc) is 2.84. The van der Waals surface area contributed by atoms with Crippen LogP contribution in [0.1, 0.15) is 5.56 Å². The molecule has 0 spiro atoms. The second-order valence-electron chi connectivity index (χ2n) is 7.59. The van der Waals surface area contributed by atoms with Gasteiger partial charge in [-0.3, -0.25) is 4.79 Å². The third kappa shape index (κ3) is 8.27. The first-order valence-electron chi connectivity index (χ1n) is 11.0. The van der Waals surface area contributed by atoms with Crippen molar-refractivity contribution in [2.45, 2.75) is 12.5 Å². The Hall–Kier alpha value is -3.90. The first kappa shape index (κ1) is 23.8. The summed E-state index contributed by atoms with van der Waals surface area (Å²) in [4.78, 5) is 24.7. The number of benzene rings is 3. The smallest absolute Gasteiger partial charge is 0.319 e. The molecule has 3 amide bonds. The van der Waals surface area contributed by atoms with Gasteiger partial charge in [-0.15, -0.1) is 0 Å². The van der Waals surface area contributed by atoms with E-state index >= 15 is 0 Å². The molecule has 3 rings (SSSR count). The Balaban J connectivity index is 1.61. The molecule has 0 radical (unpaired) electrons. The van der Waals surface area contributed by atoms with E-state index in [0.29, 0.717) is 25.2 Å². The van der Waals surface area contributed by atoms with Crippen molar-refractivity contribution in [3.63, 3.8) is 0 Å². The van der Waals surface area contributed by atoms with E-state index in [2.05, 4.69) is 21.3 Å². The second kappa shape index (κ2) is 12.8. The highest BCUT2D eigenvalue weighted by Gasteiger charge is 2.11. The Labute approximate surface area is 195 Å². The number of hydrogen-bond donors (Lipinski definition) is 4. The Bertz CT molecular complexity index is 1030. The Kier molecular flexibility index (Phi) is 9.24. The largest absolute Gasteiger partial charge is 0.351 e. The van der Waals surface area contributed by atoms with Crippen LogP contribution in [0.5, 0.6) is 0 Å². The molecule has 3 aromatic carbocycles. The van der Waals surface area contributed by atoms with E-state index in [4.69, 9.17) is 0 Å². The van der Waals surface area contributed by atoms with Crippen molar-refractivity contribution in [2.24, 2.45) is 0 Å². The lowest BCUT2D eigenvalue weighted by Crippen LogP contribution is -2.38. The highest BCUT2D eigenvalue weighted by Crippen LogP contribution is 2.21. The summed E-state index contributed by atoms with van der Waals surface area (Å²) in [5.74, 6) is -0.193. The van der Waals surface area contributed by atoms with Crippen molar-refractivity contribution >= 4 is 17.6 Å². The summed E-state index contributed by atoms with van der Waals surface area (Å²) < 4.78 is 0. The molecule has 0 fully saturated rings. The van der Waals surface area contributed by atoms with E-state index in [1.165, 1.54) is 6.08 Å². The first-order chi connectivity index (χ1) is 16.1. The molecule has 0 heterocycles. The van der Waals surface area contributed by atoms with Crippen molar-refractivity contribution in [2.75, 3.05) is 25.5 Å². The van der Waals surface area contributed by atoms with Gasteiger partial charge in [0.1, 0.15) is 0 Å². The number of urea groups is 1. The summed E-state index contributed by atoms with van der Waals surface area (Å²) in [5, 5.41) is 11.6. The second-order valence-corrected chi connectivity index (χ2v) is 7.59. The van der Waals surface area contributed by atoms with Gasteiger partial charge in [-0.2, -0.15) is 0 Å². The minimum atomic E-state index is -0.342. The zero-order chi connectivity index (χ0) is 23.3. The first-order valence-corrected chi connectivity index (χ1v) is 11.0. The van der Waals surface area contributed by atoms with E-state index in [9.17, 15) is 9.59 Å². The maximum absolute atomic E-state index is 12.7. The van der Waals surface area contributed by atoms with Crippen molar-refractivity contribution in [3.8, 4) is 11.1 Å². The topological polar surface area (TPSA) is 82.3 Å². The molecule has 0 bridgehead atoms. The van der Waals surface area contributed by atoms with Gasteiger partial charge in [-0.05, 0) is 42.3 Å². The monoisotopic (exact) mass is 442 g/mol. The van der Waals surface area contributed by atoms with Gasteiger partial charge in [0.25, 0.3) is 0 Å². The van der Waals surface area contributed by atoms with Gasteiger partial charge in [-0.1, -0.05) is 78.9 Å². The van der Waals surface area contributed by atoms with Crippen LogP contribution in [0.25, 0.3) is 11.1 Å². The number of rotatable bonds is 10. The minimum absolute atomic E-state index is 0.193. The fourth-order valence-corrected chi connectivity index (χ4v) is 3.32. The third-order valence-electron chi connectivity index (χ3n) is 5.02. The molecular formula is C27H30N4O2. The van der Waals surface area contributed by atoms with Gasteiger partial charge in [0.05, 0.1) is 6.04 Å². The molecule has 0 aromatic heterocycles. The maximum atomic E-state index is 12.7. The minimum Gasteiger partial charge on any atom is -0.351 e. The lowest BCUT2D eigenvalue weighted by molar-refractivity contribution is -0.116. The van der Waals surface area contributed by atoms with Crippen molar-refractivity contribution in [3.05, 3.63) is 103 Å². The number of carbonyl (C=O) groups is 2. The molecule has 170 valence electrons. The number of carbonyl (C=O) groups excluding carboxylic acids is 2. The van der Waals surface area contributed by atoms with Crippen LogP contribution in [0.3, 0.4) is 0 Å². The number of likely N-dealkylation sites (N-methyl/N-ethyl adjacent to an activating group) is 1. The van der Waals surface area contributed by atoms with Crippen LogP contribution in [0.2, 0.25) is 0 Å². The zero-order valence-corrected chi connectivity index (χ0v) is 18.8. The maximum Gasteiger partial charge on any atom is 0.319 e. The van der Waals surface area contributed by atoms with E-state index in [1.807, 2.05) is 92.0 Å². The molecule has 0 unspecified atom stereocenters. The van der Waals surface area contributed by atoms with Gasteiger partial charge in [0.15, 0.2) is 0 Å². The normalized spacial score (nSPS) is 11.7. The van der Waals surface area contributed by atoms with Crippen LogP contribution in [0, 0.1) is 0 Å². The van der Waals surface area contributed by atoms with Crippen LogP contribution in [0.4, 0.5) is 10.5 Å². The highest BCUT2D eigenvalue weighted by atomic mass is 16.2. The molecule has 0 aliphatic carbocycles. The van der Waals surface area contributed by atoms with Crippen LogP contribution in [-0.4, -0.2) is 38.1 Å². The average molecular weight is 443 g/mol. The summed E-state index contributed by atoms with van der Waals surface area (Å²) in [7, 11) is 1.83. The molecule has 0 aliphatic rings. The van der Waals surface area contributed by atoms with E-state index in [0.717, 1.165) is 16.7 Å². The highest BCUT2D eigenvalue weighted by molar-refractivity contribution is 5.90. The quantitative estimate of drug-likeness (QED) is 0.283. The molecule has 0 saturated heterocycles. The molecule has 6 heteroatoms. The number of hydrogen-bond acceptors (Lipinski definition) is 3. The van der Waals surface area contributed by atoms with Crippen LogP contribution < -0.4 is 21.3 Å². The summed E-state index contributed by atoms with van der Waals surface area (Å²) in [6, 6.07) is 26.9. The lowest BCUT2D eigenvalue weighted by atomic mass is 10.1. The molecule has 0 saturated carbocycles. The molecule has 4 N–H and O–H groups in total. The molecule has 33 heavy (non-hydrogen) atoms.